The van der Waals surface area contributed by atoms with Crippen molar-refractivity contribution in [3.63, 3.8) is 0 Å². The summed E-state index contributed by atoms with van der Waals surface area (Å²) in [5.41, 5.74) is -1.36. The van der Waals surface area contributed by atoms with Crippen molar-refractivity contribution in [1.29, 1.82) is 0 Å². The van der Waals surface area contributed by atoms with E-state index in [1.54, 1.807) is 6.92 Å². The fourth-order valence-corrected chi connectivity index (χ4v) is 2.31. The van der Waals surface area contributed by atoms with Crippen molar-refractivity contribution in [3.05, 3.63) is 29.3 Å². The van der Waals surface area contributed by atoms with Crippen LogP contribution in [0.4, 0.5) is 14.5 Å². The minimum Gasteiger partial charge on any atom is -0.478 e. The van der Waals surface area contributed by atoms with Crippen LogP contribution in [0.2, 0.25) is 0 Å². The van der Waals surface area contributed by atoms with Crippen LogP contribution < -0.4 is 10.6 Å². The summed E-state index contributed by atoms with van der Waals surface area (Å²) in [7, 11) is 0. The molecule has 0 bridgehead atoms. The molecule has 5 nitrogen and oxygen atoms in total. The third-order valence-corrected chi connectivity index (χ3v) is 3.79. The minimum absolute atomic E-state index is 0.230. The van der Waals surface area contributed by atoms with Crippen LogP contribution in [0.15, 0.2) is 12.1 Å². The predicted octanol–water partition coefficient (Wildman–Crippen LogP) is 1.99. The van der Waals surface area contributed by atoms with E-state index in [2.05, 4.69) is 10.6 Å². The molecule has 1 amide bonds. The molecule has 0 atom stereocenters. The number of nitrogens with one attached hydrogen (secondary N) is 2. The molecule has 1 aromatic carbocycles. The summed E-state index contributed by atoms with van der Waals surface area (Å²) < 4.78 is 26.4. The van der Waals surface area contributed by atoms with Gasteiger partial charge < -0.3 is 15.7 Å². The molecular weight excluding hydrogens is 282 g/mol. The van der Waals surface area contributed by atoms with E-state index in [9.17, 15) is 18.4 Å². The van der Waals surface area contributed by atoms with Crippen molar-refractivity contribution in [2.75, 3.05) is 18.4 Å². The van der Waals surface area contributed by atoms with Crippen LogP contribution >= 0.6 is 0 Å². The monoisotopic (exact) mass is 298 g/mol. The van der Waals surface area contributed by atoms with E-state index in [-0.39, 0.29) is 5.69 Å². The summed E-state index contributed by atoms with van der Waals surface area (Å²) >= 11 is 0. The van der Waals surface area contributed by atoms with Crippen LogP contribution in [0.5, 0.6) is 0 Å². The van der Waals surface area contributed by atoms with E-state index in [0.29, 0.717) is 38.1 Å². The van der Waals surface area contributed by atoms with Crippen LogP contribution in [0.25, 0.3) is 0 Å². The average molecular weight is 298 g/mol. The highest BCUT2D eigenvalue weighted by Crippen LogP contribution is 2.30. The normalized spacial score (nSPS) is 17.3. The SMILES string of the molecule is CC1(C(=O)Nc2cc(F)c(F)cc2C(=O)O)CCNCC1. The molecule has 0 aliphatic carbocycles. The second-order valence-electron chi connectivity index (χ2n) is 5.38. The highest BCUT2D eigenvalue weighted by molar-refractivity contribution is 6.02. The lowest BCUT2D eigenvalue weighted by Gasteiger charge is -2.32. The van der Waals surface area contributed by atoms with E-state index in [0.717, 1.165) is 0 Å². The summed E-state index contributed by atoms with van der Waals surface area (Å²) in [6, 6.07) is 1.26. The summed E-state index contributed by atoms with van der Waals surface area (Å²) in [6.45, 7) is 3.12. The Bertz CT molecular complexity index is 584. The van der Waals surface area contributed by atoms with Crippen molar-refractivity contribution < 1.29 is 23.5 Å². The molecule has 1 saturated heterocycles. The maximum Gasteiger partial charge on any atom is 0.337 e. The van der Waals surface area contributed by atoms with Gasteiger partial charge in [-0.15, -0.1) is 0 Å². The highest BCUT2D eigenvalue weighted by atomic mass is 19.2. The molecule has 1 heterocycles. The zero-order chi connectivity index (χ0) is 15.6. The molecule has 1 aliphatic rings. The van der Waals surface area contributed by atoms with Gasteiger partial charge in [-0.05, 0) is 32.0 Å². The average Bonchev–Trinajstić information content (AvgIpc) is 2.43. The number of amides is 1. The zero-order valence-corrected chi connectivity index (χ0v) is 11.5. The van der Waals surface area contributed by atoms with Gasteiger partial charge in [-0.1, -0.05) is 6.92 Å². The third-order valence-electron chi connectivity index (χ3n) is 3.79. The van der Waals surface area contributed by atoms with Crippen molar-refractivity contribution >= 4 is 17.6 Å². The molecule has 1 aromatic rings. The summed E-state index contributed by atoms with van der Waals surface area (Å²) in [5, 5.41) is 14.6. The van der Waals surface area contributed by atoms with Crippen molar-refractivity contribution in [1.82, 2.24) is 5.32 Å². The lowest BCUT2D eigenvalue weighted by atomic mass is 9.80. The fourth-order valence-electron chi connectivity index (χ4n) is 2.31. The standard InChI is InChI=1S/C14H16F2N2O3/c1-14(2-4-17-5-3-14)13(21)18-11-7-10(16)9(15)6-8(11)12(19)20/h6-7,17H,2-5H2,1H3,(H,18,21)(H,19,20). The number of piperidine rings is 1. The van der Waals surface area contributed by atoms with Gasteiger partial charge in [-0.2, -0.15) is 0 Å². The molecule has 0 spiro atoms. The van der Waals surface area contributed by atoms with Gasteiger partial charge in [0.2, 0.25) is 5.91 Å². The van der Waals surface area contributed by atoms with Crippen LogP contribution in [-0.4, -0.2) is 30.1 Å². The maximum absolute atomic E-state index is 13.3. The molecule has 1 fully saturated rings. The molecular formula is C14H16F2N2O3. The van der Waals surface area contributed by atoms with E-state index in [1.807, 2.05) is 0 Å². The molecule has 114 valence electrons. The number of benzene rings is 1. The Morgan fingerprint density at radius 3 is 2.38 bits per heavy atom. The largest absolute Gasteiger partial charge is 0.478 e. The third kappa shape index (κ3) is 3.18. The lowest BCUT2D eigenvalue weighted by Crippen LogP contribution is -2.43. The summed E-state index contributed by atoms with van der Waals surface area (Å²) in [4.78, 5) is 23.4. The number of halogens is 2. The number of carboxylic acids is 1. The van der Waals surface area contributed by atoms with Gasteiger partial charge in [0.1, 0.15) is 0 Å². The van der Waals surface area contributed by atoms with E-state index in [4.69, 9.17) is 5.11 Å². The Morgan fingerprint density at radius 1 is 1.24 bits per heavy atom. The Labute approximate surface area is 120 Å². The highest BCUT2D eigenvalue weighted by Gasteiger charge is 2.35. The molecule has 2 rings (SSSR count). The summed E-state index contributed by atoms with van der Waals surface area (Å²) in [5.74, 6) is -4.29. The fraction of sp³-hybridized carbons (Fsp3) is 0.429. The molecule has 0 radical (unpaired) electrons. The minimum atomic E-state index is -1.43. The smallest absolute Gasteiger partial charge is 0.337 e. The van der Waals surface area contributed by atoms with E-state index in [1.165, 1.54) is 0 Å². The predicted molar refractivity (Wildman–Crippen MR) is 72.2 cm³/mol. The van der Waals surface area contributed by atoms with Crippen molar-refractivity contribution in [2.24, 2.45) is 5.41 Å². The van der Waals surface area contributed by atoms with Crippen molar-refractivity contribution in [3.8, 4) is 0 Å². The van der Waals surface area contributed by atoms with Gasteiger partial charge in [0.25, 0.3) is 0 Å². The Balaban J connectivity index is 2.28. The van der Waals surface area contributed by atoms with Gasteiger partial charge in [-0.3, -0.25) is 4.79 Å². The van der Waals surface area contributed by atoms with Crippen molar-refractivity contribution in [2.45, 2.75) is 19.8 Å². The van der Waals surface area contributed by atoms with Crippen LogP contribution in [0.1, 0.15) is 30.1 Å². The second-order valence-corrected chi connectivity index (χ2v) is 5.38. The topological polar surface area (TPSA) is 78.4 Å². The van der Waals surface area contributed by atoms with Gasteiger partial charge in [-0.25, -0.2) is 13.6 Å². The number of carboxylic acid groups (broad SMARTS) is 1. The lowest BCUT2D eigenvalue weighted by molar-refractivity contribution is -0.126. The first-order valence-electron chi connectivity index (χ1n) is 6.58. The van der Waals surface area contributed by atoms with Crippen LogP contribution in [-0.2, 0) is 4.79 Å². The number of aromatic carboxylic acids is 1. The molecule has 0 unspecified atom stereocenters. The Hall–Kier alpha value is -2.02. The molecule has 7 heteroatoms. The maximum atomic E-state index is 13.3. The first-order valence-corrected chi connectivity index (χ1v) is 6.58. The molecule has 21 heavy (non-hydrogen) atoms. The first kappa shape index (κ1) is 15.4. The van der Waals surface area contributed by atoms with Gasteiger partial charge in [0.15, 0.2) is 11.6 Å². The molecule has 3 N–H and O–H groups in total. The number of rotatable bonds is 3. The molecule has 1 aliphatic heterocycles. The number of carbonyl (C=O) groups excluding carboxylic acids is 1. The number of hydrogen-bond acceptors (Lipinski definition) is 3. The van der Waals surface area contributed by atoms with Crippen LogP contribution in [0.3, 0.4) is 0 Å². The zero-order valence-electron chi connectivity index (χ0n) is 11.5. The first-order chi connectivity index (χ1) is 9.83. The molecule has 0 saturated carbocycles. The van der Waals surface area contributed by atoms with Crippen LogP contribution in [0, 0.1) is 17.0 Å². The van der Waals surface area contributed by atoms with Gasteiger partial charge in [0, 0.05) is 11.5 Å². The van der Waals surface area contributed by atoms with Gasteiger partial charge >= 0.3 is 5.97 Å². The number of carbonyl (C=O) groups is 2. The van der Waals surface area contributed by atoms with E-state index >= 15 is 0 Å². The Morgan fingerprint density at radius 2 is 1.81 bits per heavy atom. The van der Waals surface area contributed by atoms with Gasteiger partial charge in [0.05, 0.1) is 11.3 Å². The number of anilines is 1. The van der Waals surface area contributed by atoms with E-state index < -0.39 is 34.5 Å². The summed E-state index contributed by atoms with van der Waals surface area (Å²) in [6.07, 6.45) is 1.18. The second kappa shape index (κ2) is 5.77. The molecule has 0 aromatic heterocycles. The Kier molecular flexibility index (Phi) is 4.22. The number of hydrogen-bond donors (Lipinski definition) is 3. The quantitative estimate of drug-likeness (QED) is 0.797.